The Morgan fingerprint density at radius 2 is 2.53 bits per heavy atom. The third kappa shape index (κ3) is 5.04. The molecule has 0 aliphatic carbocycles. The number of thiophene rings is 1. The molecule has 2 heterocycles. The van der Waals surface area contributed by atoms with Gasteiger partial charge in [0.2, 0.25) is 5.91 Å². The van der Waals surface area contributed by atoms with Gasteiger partial charge in [0.05, 0.1) is 25.7 Å². The molecule has 1 atom stereocenters. The maximum Gasteiger partial charge on any atom is 0.222 e. The average Bonchev–Trinajstić information content (AvgIpc) is 2.81. The van der Waals surface area contributed by atoms with E-state index in [1.807, 2.05) is 17.5 Å². The van der Waals surface area contributed by atoms with Gasteiger partial charge in [0, 0.05) is 18.0 Å². The molecule has 2 N–H and O–H groups in total. The standard InChI is InChI=1S/C11H16N2O2S.ClH/c14-11(6-9-7-12-3-4-15-9)13-8-10-2-1-5-16-10;/h1-2,5,9,12H,3-4,6-8H2,(H,13,14);1H. The largest absolute Gasteiger partial charge is 0.375 e. The first-order valence-corrected chi connectivity index (χ1v) is 6.34. The van der Waals surface area contributed by atoms with Gasteiger partial charge in [0.15, 0.2) is 0 Å². The summed E-state index contributed by atoms with van der Waals surface area (Å²) in [6, 6.07) is 4.00. The quantitative estimate of drug-likeness (QED) is 0.868. The monoisotopic (exact) mass is 276 g/mol. The molecule has 0 radical (unpaired) electrons. The third-order valence-corrected chi connectivity index (χ3v) is 3.33. The van der Waals surface area contributed by atoms with Crippen molar-refractivity contribution in [2.45, 2.75) is 19.1 Å². The first kappa shape index (κ1) is 14.4. The Morgan fingerprint density at radius 1 is 1.65 bits per heavy atom. The molecule has 1 saturated heterocycles. The van der Waals surface area contributed by atoms with Gasteiger partial charge < -0.3 is 15.4 Å². The van der Waals surface area contributed by atoms with Crippen LogP contribution in [0.5, 0.6) is 0 Å². The summed E-state index contributed by atoms with van der Waals surface area (Å²) < 4.78 is 5.46. The van der Waals surface area contributed by atoms with E-state index in [9.17, 15) is 4.79 Å². The van der Waals surface area contributed by atoms with E-state index in [0.717, 1.165) is 13.1 Å². The minimum atomic E-state index is 0. The van der Waals surface area contributed by atoms with E-state index in [0.29, 0.717) is 19.6 Å². The zero-order valence-corrected chi connectivity index (χ0v) is 11.1. The highest BCUT2D eigenvalue weighted by molar-refractivity contribution is 7.09. The molecule has 0 saturated carbocycles. The van der Waals surface area contributed by atoms with Crippen LogP contribution in [-0.2, 0) is 16.1 Å². The van der Waals surface area contributed by atoms with Gasteiger partial charge in [0.1, 0.15) is 0 Å². The Morgan fingerprint density at radius 3 is 3.18 bits per heavy atom. The van der Waals surface area contributed by atoms with E-state index in [1.54, 1.807) is 11.3 Å². The van der Waals surface area contributed by atoms with Crippen LogP contribution in [0.1, 0.15) is 11.3 Å². The number of morpholine rings is 1. The van der Waals surface area contributed by atoms with Gasteiger partial charge in [-0.15, -0.1) is 23.7 Å². The summed E-state index contributed by atoms with van der Waals surface area (Å²) in [6.45, 7) is 2.97. The predicted octanol–water partition coefficient (Wildman–Crippen LogP) is 1.16. The number of amides is 1. The lowest BCUT2D eigenvalue weighted by Gasteiger charge is -2.22. The van der Waals surface area contributed by atoms with E-state index in [4.69, 9.17) is 4.74 Å². The highest BCUT2D eigenvalue weighted by Crippen LogP contribution is 2.08. The first-order chi connectivity index (χ1) is 7.84. The van der Waals surface area contributed by atoms with Crippen LogP contribution in [0.4, 0.5) is 0 Å². The number of carbonyl (C=O) groups excluding carboxylic acids is 1. The van der Waals surface area contributed by atoms with Gasteiger partial charge in [-0.2, -0.15) is 0 Å². The van der Waals surface area contributed by atoms with E-state index < -0.39 is 0 Å². The Balaban J connectivity index is 0.00000144. The summed E-state index contributed by atoms with van der Waals surface area (Å²) in [5.41, 5.74) is 0. The van der Waals surface area contributed by atoms with Crippen LogP contribution in [0.2, 0.25) is 0 Å². The van der Waals surface area contributed by atoms with Crippen molar-refractivity contribution >= 4 is 29.7 Å². The molecular weight excluding hydrogens is 260 g/mol. The average molecular weight is 277 g/mol. The van der Waals surface area contributed by atoms with Gasteiger partial charge in [-0.1, -0.05) is 6.07 Å². The fraction of sp³-hybridized carbons (Fsp3) is 0.545. The summed E-state index contributed by atoms with van der Waals surface area (Å²) in [7, 11) is 0. The molecular formula is C11H17ClN2O2S. The molecule has 0 spiro atoms. The van der Waals surface area contributed by atoms with Crippen LogP contribution >= 0.6 is 23.7 Å². The smallest absolute Gasteiger partial charge is 0.222 e. The van der Waals surface area contributed by atoms with E-state index in [1.165, 1.54) is 4.88 Å². The lowest BCUT2D eigenvalue weighted by Crippen LogP contribution is -2.41. The molecule has 2 rings (SSSR count). The molecule has 0 aromatic carbocycles. The summed E-state index contributed by atoms with van der Waals surface area (Å²) in [6.07, 6.45) is 0.468. The van der Waals surface area contributed by atoms with Crippen LogP contribution in [0.15, 0.2) is 17.5 Å². The predicted molar refractivity (Wildman–Crippen MR) is 70.6 cm³/mol. The Labute approximate surface area is 111 Å². The minimum absolute atomic E-state index is 0. The Hall–Kier alpha value is -0.620. The van der Waals surface area contributed by atoms with Gasteiger partial charge in [-0.3, -0.25) is 4.79 Å². The fourth-order valence-electron chi connectivity index (χ4n) is 1.63. The number of rotatable bonds is 4. The highest BCUT2D eigenvalue weighted by Gasteiger charge is 2.16. The molecule has 1 fully saturated rings. The van der Waals surface area contributed by atoms with Crippen LogP contribution in [-0.4, -0.2) is 31.7 Å². The molecule has 1 amide bonds. The first-order valence-electron chi connectivity index (χ1n) is 5.46. The summed E-state index contributed by atoms with van der Waals surface area (Å²) in [5, 5.41) is 8.11. The van der Waals surface area contributed by atoms with Gasteiger partial charge in [0.25, 0.3) is 0 Å². The molecule has 6 heteroatoms. The highest BCUT2D eigenvalue weighted by atomic mass is 35.5. The van der Waals surface area contributed by atoms with Crippen molar-refractivity contribution in [3.05, 3.63) is 22.4 Å². The maximum atomic E-state index is 11.6. The van der Waals surface area contributed by atoms with Crippen molar-refractivity contribution in [3.8, 4) is 0 Å². The van der Waals surface area contributed by atoms with Gasteiger partial charge in [-0.25, -0.2) is 0 Å². The lowest BCUT2D eigenvalue weighted by molar-refractivity contribution is -0.124. The number of hydrogen-bond acceptors (Lipinski definition) is 4. The summed E-state index contributed by atoms with van der Waals surface area (Å²) in [4.78, 5) is 12.8. The molecule has 1 aliphatic heterocycles. The van der Waals surface area contributed by atoms with Crippen LogP contribution in [0, 0.1) is 0 Å². The topological polar surface area (TPSA) is 50.4 Å². The summed E-state index contributed by atoms with van der Waals surface area (Å²) in [5.74, 6) is 0.0575. The Bertz CT molecular complexity index is 326. The fourth-order valence-corrected chi connectivity index (χ4v) is 2.27. The molecule has 1 aromatic rings. The SMILES string of the molecule is Cl.O=C(CC1CNCCO1)NCc1cccs1. The number of ether oxygens (including phenoxy) is 1. The van der Waals surface area contributed by atoms with E-state index in [-0.39, 0.29) is 24.4 Å². The lowest BCUT2D eigenvalue weighted by atomic mass is 10.2. The van der Waals surface area contributed by atoms with Gasteiger partial charge in [-0.05, 0) is 11.4 Å². The van der Waals surface area contributed by atoms with E-state index >= 15 is 0 Å². The number of hydrogen-bond donors (Lipinski definition) is 2. The Kier molecular flexibility index (Phi) is 6.50. The molecule has 17 heavy (non-hydrogen) atoms. The van der Waals surface area contributed by atoms with Gasteiger partial charge >= 0.3 is 0 Å². The zero-order chi connectivity index (χ0) is 11.2. The zero-order valence-electron chi connectivity index (χ0n) is 9.48. The van der Waals surface area contributed by atoms with Crippen molar-refractivity contribution in [2.24, 2.45) is 0 Å². The summed E-state index contributed by atoms with van der Waals surface area (Å²) >= 11 is 1.65. The van der Waals surface area contributed by atoms with E-state index in [2.05, 4.69) is 10.6 Å². The molecule has 1 unspecified atom stereocenters. The third-order valence-electron chi connectivity index (χ3n) is 2.46. The number of carbonyl (C=O) groups is 1. The van der Waals surface area contributed by atoms with Crippen molar-refractivity contribution < 1.29 is 9.53 Å². The van der Waals surface area contributed by atoms with Crippen LogP contribution in [0.3, 0.4) is 0 Å². The van der Waals surface area contributed by atoms with Crippen molar-refractivity contribution in [2.75, 3.05) is 19.7 Å². The number of nitrogens with one attached hydrogen (secondary N) is 2. The van der Waals surface area contributed by atoms with Crippen molar-refractivity contribution in [1.82, 2.24) is 10.6 Å². The van der Waals surface area contributed by atoms with Crippen LogP contribution < -0.4 is 10.6 Å². The molecule has 1 aliphatic rings. The second kappa shape index (κ2) is 7.66. The van der Waals surface area contributed by atoms with Crippen molar-refractivity contribution in [1.29, 1.82) is 0 Å². The molecule has 4 nitrogen and oxygen atoms in total. The van der Waals surface area contributed by atoms with Crippen LogP contribution in [0.25, 0.3) is 0 Å². The molecule has 1 aromatic heterocycles. The second-order valence-corrected chi connectivity index (χ2v) is 4.79. The molecule has 96 valence electrons. The number of halogens is 1. The normalized spacial score (nSPS) is 19.4. The van der Waals surface area contributed by atoms with Crippen molar-refractivity contribution in [3.63, 3.8) is 0 Å². The minimum Gasteiger partial charge on any atom is -0.375 e. The molecule has 0 bridgehead atoms. The maximum absolute atomic E-state index is 11.6. The second-order valence-electron chi connectivity index (χ2n) is 3.76.